The van der Waals surface area contributed by atoms with Gasteiger partial charge in [0, 0.05) is 19.0 Å². The Morgan fingerprint density at radius 3 is 2.94 bits per heavy atom. The van der Waals surface area contributed by atoms with Crippen molar-refractivity contribution < 1.29 is 4.52 Å². The van der Waals surface area contributed by atoms with E-state index in [1.165, 1.54) is 12.8 Å². The highest BCUT2D eigenvalue weighted by Gasteiger charge is 2.21. The van der Waals surface area contributed by atoms with Crippen molar-refractivity contribution in [1.82, 2.24) is 20.4 Å². The summed E-state index contributed by atoms with van der Waals surface area (Å²) < 4.78 is 5.26. The molecule has 1 aliphatic heterocycles. The molecule has 2 heterocycles. The number of nitrogens with one attached hydrogen (secondary N) is 1. The standard InChI is InChI=1S/C12H22N4O/c1-3-11-14-12(17-15-11)9-16(4-2)10-6-5-7-13-8-10/h10,13H,3-9H2,1-2H3. The van der Waals surface area contributed by atoms with Gasteiger partial charge in [-0.05, 0) is 25.9 Å². The number of likely N-dealkylation sites (N-methyl/N-ethyl adjacent to an activating group) is 1. The summed E-state index contributed by atoms with van der Waals surface area (Å²) in [6.07, 6.45) is 3.35. The Bertz CT molecular complexity index is 333. The number of rotatable bonds is 5. The second-order valence-corrected chi connectivity index (χ2v) is 4.52. The number of hydrogen-bond donors (Lipinski definition) is 1. The minimum absolute atomic E-state index is 0.603. The Labute approximate surface area is 103 Å². The van der Waals surface area contributed by atoms with Gasteiger partial charge < -0.3 is 9.84 Å². The van der Waals surface area contributed by atoms with Crippen LogP contribution >= 0.6 is 0 Å². The third-order valence-electron chi connectivity index (χ3n) is 3.36. The lowest BCUT2D eigenvalue weighted by molar-refractivity contribution is 0.147. The molecule has 0 spiro atoms. The highest BCUT2D eigenvalue weighted by atomic mass is 16.5. The number of hydrogen-bond acceptors (Lipinski definition) is 5. The Kier molecular flexibility index (Phi) is 4.50. The molecule has 17 heavy (non-hydrogen) atoms. The molecular formula is C12H22N4O. The minimum atomic E-state index is 0.603. The van der Waals surface area contributed by atoms with E-state index in [1.54, 1.807) is 0 Å². The van der Waals surface area contributed by atoms with Crippen molar-refractivity contribution in [2.75, 3.05) is 19.6 Å². The van der Waals surface area contributed by atoms with Crippen LogP contribution in [-0.2, 0) is 13.0 Å². The van der Waals surface area contributed by atoms with Crippen LogP contribution in [0.3, 0.4) is 0 Å². The van der Waals surface area contributed by atoms with E-state index in [0.717, 1.165) is 44.3 Å². The van der Waals surface area contributed by atoms with Crippen molar-refractivity contribution in [2.45, 2.75) is 45.7 Å². The third-order valence-corrected chi connectivity index (χ3v) is 3.36. The summed E-state index contributed by atoms with van der Waals surface area (Å²) in [4.78, 5) is 6.79. The maximum absolute atomic E-state index is 5.26. The van der Waals surface area contributed by atoms with E-state index >= 15 is 0 Å². The molecule has 2 rings (SSSR count). The molecule has 1 unspecified atom stereocenters. The molecule has 1 saturated heterocycles. The van der Waals surface area contributed by atoms with Gasteiger partial charge >= 0.3 is 0 Å². The molecule has 0 saturated carbocycles. The summed E-state index contributed by atoms with van der Waals surface area (Å²) in [5, 5.41) is 7.38. The number of aromatic nitrogens is 2. The van der Waals surface area contributed by atoms with E-state index < -0.39 is 0 Å². The molecule has 1 fully saturated rings. The first kappa shape index (κ1) is 12.5. The number of aryl methyl sites for hydroxylation is 1. The molecule has 1 aromatic rings. The fourth-order valence-corrected chi connectivity index (χ4v) is 2.32. The average molecular weight is 238 g/mol. The number of nitrogens with zero attached hydrogens (tertiary/aromatic N) is 3. The van der Waals surface area contributed by atoms with E-state index in [0.29, 0.717) is 6.04 Å². The van der Waals surface area contributed by atoms with Gasteiger partial charge in [0.1, 0.15) is 0 Å². The van der Waals surface area contributed by atoms with Gasteiger partial charge in [-0.1, -0.05) is 19.0 Å². The SMILES string of the molecule is CCc1noc(CN(CC)C2CCCNC2)n1. The maximum atomic E-state index is 5.26. The summed E-state index contributed by atoms with van der Waals surface area (Å²) in [6, 6.07) is 0.603. The first-order valence-corrected chi connectivity index (χ1v) is 6.59. The van der Waals surface area contributed by atoms with Crippen LogP contribution in [0.25, 0.3) is 0 Å². The predicted molar refractivity (Wildman–Crippen MR) is 65.7 cm³/mol. The van der Waals surface area contributed by atoms with Crippen LogP contribution in [0.4, 0.5) is 0 Å². The zero-order valence-electron chi connectivity index (χ0n) is 10.8. The van der Waals surface area contributed by atoms with Gasteiger partial charge in [0.05, 0.1) is 6.54 Å². The van der Waals surface area contributed by atoms with Crippen molar-refractivity contribution in [3.63, 3.8) is 0 Å². The minimum Gasteiger partial charge on any atom is -0.338 e. The van der Waals surface area contributed by atoms with Crippen molar-refractivity contribution in [3.05, 3.63) is 11.7 Å². The van der Waals surface area contributed by atoms with E-state index in [2.05, 4.69) is 27.3 Å². The molecule has 0 amide bonds. The van der Waals surface area contributed by atoms with Gasteiger partial charge in [-0.25, -0.2) is 0 Å². The number of piperidine rings is 1. The molecule has 96 valence electrons. The molecule has 5 heteroatoms. The van der Waals surface area contributed by atoms with E-state index in [4.69, 9.17) is 4.52 Å². The molecule has 0 aromatic carbocycles. The van der Waals surface area contributed by atoms with E-state index in [9.17, 15) is 0 Å². The molecule has 0 bridgehead atoms. The fraction of sp³-hybridized carbons (Fsp3) is 0.833. The van der Waals surface area contributed by atoms with Crippen LogP contribution in [0, 0.1) is 0 Å². The molecular weight excluding hydrogens is 216 g/mol. The predicted octanol–water partition coefficient (Wildman–Crippen LogP) is 1.21. The highest BCUT2D eigenvalue weighted by Crippen LogP contribution is 2.13. The maximum Gasteiger partial charge on any atom is 0.240 e. The zero-order valence-corrected chi connectivity index (χ0v) is 10.8. The van der Waals surface area contributed by atoms with Crippen LogP contribution in [0.5, 0.6) is 0 Å². The molecule has 1 N–H and O–H groups in total. The smallest absolute Gasteiger partial charge is 0.240 e. The van der Waals surface area contributed by atoms with E-state index in [-0.39, 0.29) is 0 Å². The van der Waals surface area contributed by atoms with Crippen LogP contribution in [-0.4, -0.2) is 40.7 Å². The lowest BCUT2D eigenvalue weighted by atomic mass is 10.1. The van der Waals surface area contributed by atoms with Gasteiger partial charge in [-0.2, -0.15) is 4.98 Å². The first-order chi connectivity index (χ1) is 8.33. The molecule has 0 radical (unpaired) electrons. The van der Waals surface area contributed by atoms with Crippen LogP contribution in [0.2, 0.25) is 0 Å². The Hall–Kier alpha value is -0.940. The summed E-state index contributed by atoms with van der Waals surface area (Å²) in [5.74, 6) is 1.55. The normalized spacial score (nSPS) is 21.0. The summed E-state index contributed by atoms with van der Waals surface area (Å²) in [7, 11) is 0. The largest absolute Gasteiger partial charge is 0.338 e. The molecule has 1 aromatic heterocycles. The Morgan fingerprint density at radius 1 is 1.47 bits per heavy atom. The highest BCUT2D eigenvalue weighted by molar-refractivity contribution is 4.87. The quantitative estimate of drug-likeness (QED) is 0.835. The van der Waals surface area contributed by atoms with Gasteiger partial charge in [0.25, 0.3) is 0 Å². The van der Waals surface area contributed by atoms with Gasteiger partial charge in [-0.3, -0.25) is 4.90 Å². The summed E-state index contributed by atoms with van der Waals surface area (Å²) in [6.45, 7) is 8.24. The van der Waals surface area contributed by atoms with E-state index in [1.807, 2.05) is 6.92 Å². The summed E-state index contributed by atoms with van der Waals surface area (Å²) >= 11 is 0. The van der Waals surface area contributed by atoms with Crippen LogP contribution in [0.15, 0.2) is 4.52 Å². The third kappa shape index (κ3) is 3.26. The van der Waals surface area contributed by atoms with Crippen LogP contribution in [0.1, 0.15) is 38.4 Å². The van der Waals surface area contributed by atoms with Crippen molar-refractivity contribution >= 4 is 0 Å². The monoisotopic (exact) mass is 238 g/mol. The van der Waals surface area contributed by atoms with Crippen molar-refractivity contribution in [1.29, 1.82) is 0 Å². The van der Waals surface area contributed by atoms with Crippen molar-refractivity contribution in [3.8, 4) is 0 Å². The van der Waals surface area contributed by atoms with Gasteiger partial charge in [-0.15, -0.1) is 0 Å². The zero-order chi connectivity index (χ0) is 12.1. The lowest BCUT2D eigenvalue weighted by Crippen LogP contribution is -2.45. The fourth-order valence-electron chi connectivity index (χ4n) is 2.32. The van der Waals surface area contributed by atoms with Crippen LogP contribution < -0.4 is 5.32 Å². The van der Waals surface area contributed by atoms with Gasteiger partial charge in [0.15, 0.2) is 5.82 Å². The Morgan fingerprint density at radius 2 is 2.35 bits per heavy atom. The Balaban J connectivity index is 1.93. The van der Waals surface area contributed by atoms with Gasteiger partial charge in [0.2, 0.25) is 5.89 Å². The second kappa shape index (κ2) is 6.12. The lowest BCUT2D eigenvalue weighted by Gasteiger charge is -2.32. The summed E-state index contributed by atoms with van der Waals surface area (Å²) in [5.41, 5.74) is 0. The molecule has 0 aliphatic carbocycles. The van der Waals surface area contributed by atoms with Crippen molar-refractivity contribution in [2.24, 2.45) is 0 Å². The molecule has 1 atom stereocenters. The molecule has 1 aliphatic rings. The first-order valence-electron chi connectivity index (χ1n) is 6.59. The topological polar surface area (TPSA) is 54.2 Å². The molecule has 5 nitrogen and oxygen atoms in total. The second-order valence-electron chi connectivity index (χ2n) is 4.52. The average Bonchev–Trinajstić information content (AvgIpc) is 2.84.